The summed E-state index contributed by atoms with van der Waals surface area (Å²) in [5, 5.41) is 3.98. The maximum atomic E-state index is 11.5. The average Bonchev–Trinajstić information content (AvgIpc) is 2.71. The van der Waals surface area contributed by atoms with Crippen molar-refractivity contribution in [3.63, 3.8) is 0 Å². The summed E-state index contributed by atoms with van der Waals surface area (Å²) >= 11 is 3.13. The van der Waals surface area contributed by atoms with Crippen molar-refractivity contribution in [2.45, 2.75) is 6.54 Å². The third-order valence-corrected chi connectivity index (χ3v) is 3.64. The van der Waals surface area contributed by atoms with Crippen LogP contribution in [0.2, 0.25) is 0 Å². The molecule has 1 aromatic rings. The normalized spacial score (nSPS) is 17.0. The Labute approximate surface area is 85.0 Å². The van der Waals surface area contributed by atoms with Gasteiger partial charge in [0, 0.05) is 31.1 Å². The van der Waals surface area contributed by atoms with Crippen LogP contribution in [0.4, 0.5) is 0 Å². The zero-order valence-electron chi connectivity index (χ0n) is 7.27. The molecule has 0 bridgehead atoms. The molecule has 1 aromatic heterocycles. The van der Waals surface area contributed by atoms with E-state index in [1.807, 2.05) is 5.38 Å². The number of hydrogen-bond acceptors (Lipinski definition) is 4. The molecule has 0 saturated heterocycles. The van der Waals surface area contributed by atoms with Gasteiger partial charge >= 0.3 is 0 Å². The topological polar surface area (TPSA) is 25.2 Å². The largest absolute Gasteiger partial charge is 0.268 e. The Balaban J connectivity index is 2.09. The van der Waals surface area contributed by atoms with E-state index in [0.717, 1.165) is 18.7 Å². The number of aryl methyl sites for hydroxylation is 1. The van der Waals surface area contributed by atoms with Gasteiger partial charge in [0.05, 0.1) is 0 Å². The first-order valence-electron chi connectivity index (χ1n) is 3.98. The Kier molecular flexibility index (Phi) is 2.57. The first-order valence-corrected chi connectivity index (χ1v) is 5.65. The van der Waals surface area contributed by atoms with Gasteiger partial charge < -0.3 is 0 Å². The van der Waals surface area contributed by atoms with Crippen LogP contribution in [-0.2, 0) is 13.6 Å². The van der Waals surface area contributed by atoms with E-state index < -0.39 is 0 Å². The molecule has 0 amide bonds. The van der Waals surface area contributed by atoms with Crippen molar-refractivity contribution >= 4 is 23.5 Å². The van der Waals surface area contributed by atoms with E-state index in [0.29, 0.717) is 0 Å². The summed E-state index contributed by atoms with van der Waals surface area (Å²) in [5.74, 6) is 0. The summed E-state index contributed by atoms with van der Waals surface area (Å²) in [7, 11) is 1.80. The molecule has 2 rings (SSSR count). The molecular formula is C8H10N2OS2. The Hall–Kier alpha value is -0.520. The van der Waals surface area contributed by atoms with Gasteiger partial charge in [-0.1, -0.05) is 17.6 Å². The van der Waals surface area contributed by atoms with Gasteiger partial charge in [-0.2, -0.15) is 0 Å². The predicted octanol–water partition coefficient (Wildman–Crippen LogP) is 1.42. The monoisotopic (exact) mass is 214 g/mol. The fourth-order valence-electron chi connectivity index (χ4n) is 1.17. The van der Waals surface area contributed by atoms with Crippen molar-refractivity contribution in [1.82, 2.24) is 8.26 Å². The second kappa shape index (κ2) is 3.69. The third-order valence-electron chi connectivity index (χ3n) is 1.88. The molecule has 0 radical (unpaired) electrons. The fraction of sp³-hybridized carbons (Fsp3) is 0.375. The SMILES string of the molecule is Cn1scc(CN2CC=CS2)c1=O. The highest BCUT2D eigenvalue weighted by atomic mass is 32.2. The molecular weight excluding hydrogens is 204 g/mol. The summed E-state index contributed by atoms with van der Waals surface area (Å²) in [4.78, 5) is 11.5. The van der Waals surface area contributed by atoms with Crippen LogP contribution in [0.3, 0.4) is 0 Å². The number of hydrogen-bond donors (Lipinski definition) is 0. The zero-order valence-corrected chi connectivity index (χ0v) is 8.90. The maximum absolute atomic E-state index is 11.5. The molecule has 5 heteroatoms. The standard InChI is InChI=1S/C8H10N2OS2/c1-9-8(11)7(6-13-9)5-10-3-2-4-12-10/h2,4,6H,3,5H2,1H3. The van der Waals surface area contributed by atoms with Crippen LogP contribution >= 0.6 is 23.5 Å². The molecule has 0 aromatic carbocycles. The van der Waals surface area contributed by atoms with Gasteiger partial charge in [0.25, 0.3) is 5.56 Å². The third kappa shape index (κ3) is 1.87. The maximum Gasteiger partial charge on any atom is 0.264 e. The minimum Gasteiger partial charge on any atom is -0.268 e. The van der Waals surface area contributed by atoms with Gasteiger partial charge in [-0.3, -0.25) is 8.75 Å². The van der Waals surface area contributed by atoms with Crippen molar-refractivity contribution in [2.24, 2.45) is 7.05 Å². The fourth-order valence-corrected chi connectivity index (χ4v) is 2.58. The molecule has 0 unspecified atom stereocenters. The lowest BCUT2D eigenvalue weighted by Crippen LogP contribution is -2.19. The van der Waals surface area contributed by atoms with E-state index in [1.54, 1.807) is 23.0 Å². The van der Waals surface area contributed by atoms with Crippen molar-refractivity contribution in [2.75, 3.05) is 6.54 Å². The van der Waals surface area contributed by atoms with E-state index >= 15 is 0 Å². The first-order chi connectivity index (χ1) is 6.27. The lowest BCUT2D eigenvalue weighted by molar-refractivity contribution is 0.524. The van der Waals surface area contributed by atoms with Crippen LogP contribution in [0.15, 0.2) is 21.7 Å². The summed E-state index contributed by atoms with van der Waals surface area (Å²) in [6.45, 7) is 1.68. The first kappa shape index (κ1) is 9.05. The lowest BCUT2D eigenvalue weighted by Gasteiger charge is -2.10. The highest BCUT2D eigenvalue weighted by Gasteiger charge is 2.11. The zero-order chi connectivity index (χ0) is 9.26. The second-order valence-corrected chi connectivity index (χ2v) is 4.84. The Bertz CT molecular complexity index is 372. The van der Waals surface area contributed by atoms with E-state index in [2.05, 4.69) is 15.8 Å². The molecule has 13 heavy (non-hydrogen) atoms. The van der Waals surface area contributed by atoms with Crippen molar-refractivity contribution in [3.05, 3.63) is 32.8 Å². The smallest absolute Gasteiger partial charge is 0.264 e. The molecule has 1 aliphatic rings. The van der Waals surface area contributed by atoms with Gasteiger partial charge in [-0.15, -0.1) is 0 Å². The number of nitrogens with zero attached hydrogens (tertiary/aromatic N) is 2. The van der Waals surface area contributed by atoms with E-state index in [-0.39, 0.29) is 5.56 Å². The molecule has 1 aliphatic heterocycles. The Morgan fingerprint density at radius 3 is 3.00 bits per heavy atom. The van der Waals surface area contributed by atoms with Crippen LogP contribution < -0.4 is 5.56 Å². The highest BCUT2D eigenvalue weighted by Crippen LogP contribution is 2.20. The summed E-state index contributed by atoms with van der Waals surface area (Å²) < 4.78 is 3.81. The van der Waals surface area contributed by atoms with E-state index in [9.17, 15) is 4.79 Å². The van der Waals surface area contributed by atoms with Gasteiger partial charge in [0.2, 0.25) is 0 Å². The minimum atomic E-state index is 0.137. The summed E-state index contributed by atoms with van der Waals surface area (Å²) in [5.41, 5.74) is 1.03. The Morgan fingerprint density at radius 1 is 1.62 bits per heavy atom. The van der Waals surface area contributed by atoms with Gasteiger partial charge in [0.15, 0.2) is 0 Å². The van der Waals surface area contributed by atoms with Crippen molar-refractivity contribution in [3.8, 4) is 0 Å². The molecule has 0 saturated carbocycles. The molecule has 0 N–H and O–H groups in total. The second-order valence-electron chi connectivity index (χ2n) is 2.85. The number of aromatic nitrogens is 1. The summed E-state index contributed by atoms with van der Waals surface area (Å²) in [6, 6.07) is 0. The average molecular weight is 214 g/mol. The minimum absolute atomic E-state index is 0.137. The van der Waals surface area contributed by atoms with Crippen LogP contribution in [0.5, 0.6) is 0 Å². The molecule has 70 valence electrons. The molecule has 3 nitrogen and oxygen atoms in total. The van der Waals surface area contributed by atoms with Gasteiger partial charge in [-0.25, -0.2) is 4.31 Å². The van der Waals surface area contributed by atoms with Crippen molar-refractivity contribution < 1.29 is 0 Å². The van der Waals surface area contributed by atoms with E-state index in [1.165, 1.54) is 11.5 Å². The van der Waals surface area contributed by atoms with Crippen LogP contribution in [-0.4, -0.2) is 14.8 Å². The van der Waals surface area contributed by atoms with Gasteiger partial charge in [-0.05, 0) is 17.4 Å². The molecule has 0 spiro atoms. The Morgan fingerprint density at radius 2 is 2.46 bits per heavy atom. The quantitative estimate of drug-likeness (QED) is 0.696. The summed E-state index contributed by atoms with van der Waals surface area (Å²) in [6.07, 6.45) is 2.10. The van der Waals surface area contributed by atoms with Crippen LogP contribution in [0, 0.1) is 0 Å². The van der Waals surface area contributed by atoms with Crippen molar-refractivity contribution in [1.29, 1.82) is 0 Å². The van der Waals surface area contributed by atoms with Gasteiger partial charge in [0.1, 0.15) is 0 Å². The molecule has 0 fully saturated rings. The molecule has 0 atom stereocenters. The highest BCUT2D eigenvalue weighted by molar-refractivity contribution is 8.00. The molecule has 2 heterocycles. The number of rotatable bonds is 2. The predicted molar refractivity (Wildman–Crippen MR) is 56.7 cm³/mol. The van der Waals surface area contributed by atoms with Crippen LogP contribution in [0.25, 0.3) is 0 Å². The van der Waals surface area contributed by atoms with E-state index in [4.69, 9.17) is 0 Å². The van der Waals surface area contributed by atoms with Crippen LogP contribution in [0.1, 0.15) is 5.56 Å². The molecule has 0 aliphatic carbocycles. The lowest BCUT2D eigenvalue weighted by atomic mass is 10.3.